The van der Waals surface area contributed by atoms with E-state index in [9.17, 15) is 14.4 Å². The van der Waals surface area contributed by atoms with E-state index in [-0.39, 0.29) is 18.8 Å². The molecule has 0 aromatic heterocycles. The van der Waals surface area contributed by atoms with Crippen LogP contribution in [0.4, 0.5) is 0 Å². The minimum absolute atomic E-state index is 0.117. The second-order valence-corrected chi connectivity index (χ2v) is 10.9. The minimum atomic E-state index is -1.72. The van der Waals surface area contributed by atoms with Crippen molar-refractivity contribution < 1.29 is 23.9 Å². The number of nitrogens with zero attached hydrogens (tertiary/aromatic N) is 3. The summed E-state index contributed by atoms with van der Waals surface area (Å²) in [5.41, 5.74) is -1.39. The van der Waals surface area contributed by atoms with Crippen LogP contribution in [0.5, 0.6) is 0 Å². The van der Waals surface area contributed by atoms with E-state index in [1.807, 2.05) is 27.7 Å². The number of Topliss-reactive ketones (excluding diaryl/α,β-unsaturated/α-hetero) is 1. The molecule has 3 heterocycles. The van der Waals surface area contributed by atoms with E-state index in [1.54, 1.807) is 6.92 Å². The number of piperazine rings is 1. The first kappa shape index (κ1) is 24.2. The Labute approximate surface area is 197 Å². The van der Waals surface area contributed by atoms with Crippen LogP contribution in [0, 0.1) is 5.41 Å². The second-order valence-electron chi connectivity index (χ2n) is 10.9. The van der Waals surface area contributed by atoms with Gasteiger partial charge in [0.2, 0.25) is 11.3 Å². The molecule has 3 saturated heterocycles. The highest BCUT2D eigenvalue weighted by atomic mass is 16.6. The highest BCUT2D eigenvalue weighted by Gasteiger charge is 2.69. The fraction of sp³-hybridized carbons (Fsp3) is 0.800. The molecule has 4 fully saturated rings. The number of ketones is 1. The number of esters is 1. The number of carbonyl (C=O) groups is 3. The number of hydrogen-bond donors (Lipinski definition) is 0. The fourth-order valence-electron chi connectivity index (χ4n) is 5.91. The second kappa shape index (κ2) is 9.02. The number of allylic oxidation sites excluding steroid dienone is 1. The predicted octanol–water partition coefficient (Wildman–Crippen LogP) is 2.33. The SMILES string of the molecule is CCOC(=O)[C@]12CO[C@H](C(C)(C)C)N1C(=O)/C(=C(\C)N1CCN(C3CCCCC3)CC1)C2=O. The molecule has 8 heteroatoms. The molecule has 0 unspecified atom stereocenters. The molecule has 0 bridgehead atoms. The topological polar surface area (TPSA) is 79.4 Å². The number of rotatable bonds is 4. The Balaban J connectivity index is 1.60. The largest absolute Gasteiger partial charge is 0.464 e. The van der Waals surface area contributed by atoms with Gasteiger partial charge in [0.05, 0.1) is 13.2 Å². The number of hydrogen-bond acceptors (Lipinski definition) is 7. The van der Waals surface area contributed by atoms with Gasteiger partial charge in [0.1, 0.15) is 11.8 Å². The maximum Gasteiger partial charge on any atom is 0.342 e. The standard InChI is InChI=1S/C25H39N3O5/c1-6-32-23(31)25-16-33-22(24(3,4)5)28(25)21(30)19(20(25)29)17(2)26-12-14-27(15-13-26)18-10-8-7-9-11-18/h18,22H,6-16H2,1-5H3/b19-17+/t22-,25-/m1/s1. The minimum Gasteiger partial charge on any atom is -0.464 e. The van der Waals surface area contributed by atoms with E-state index in [1.165, 1.54) is 37.0 Å². The zero-order chi connectivity index (χ0) is 24.0. The molecule has 1 saturated carbocycles. The van der Waals surface area contributed by atoms with Gasteiger partial charge in [-0.25, -0.2) is 4.79 Å². The first-order valence-electron chi connectivity index (χ1n) is 12.5. The molecule has 0 N–H and O–H groups in total. The summed E-state index contributed by atoms with van der Waals surface area (Å²) >= 11 is 0. The van der Waals surface area contributed by atoms with Crippen LogP contribution in [0.15, 0.2) is 11.3 Å². The van der Waals surface area contributed by atoms with E-state index in [0.717, 1.165) is 26.2 Å². The third kappa shape index (κ3) is 3.99. The van der Waals surface area contributed by atoms with Crippen molar-refractivity contribution in [2.75, 3.05) is 39.4 Å². The van der Waals surface area contributed by atoms with E-state index < -0.39 is 34.8 Å². The molecule has 1 aliphatic carbocycles. The van der Waals surface area contributed by atoms with Crippen LogP contribution < -0.4 is 0 Å². The van der Waals surface area contributed by atoms with Crippen molar-refractivity contribution in [1.29, 1.82) is 0 Å². The fourth-order valence-corrected chi connectivity index (χ4v) is 5.91. The van der Waals surface area contributed by atoms with Crippen LogP contribution in [-0.2, 0) is 23.9 Å². The van der Waals surface area contributed by atoms with Gasteiger partial charge < -0.3 is 14.4 Å². The summed E-state index contributed by atoms with van der Waals surface area (Å²) in [5.74, 6) is -1.59. The lowest BCUT2D eigenvalue weighted by Gasteiger charge is -2.42. The lowest BCUT2D eigenvalue weighted by Crippen LogP contribution is -2.58. The monoisotopic (exact) mass is 461 g/mol. The first-order chi connectivity index (χ1) is 15.6. The molecular weight excluding hydrogens is 422 g/mol. The zero-order valence-electron chi connectivity index (χ0n) is 20.8. The summed E-state index contributed by atoms with van der Waals surface area (Å²) in [7, 11) is 0. The van der Waals surface area contributed by atoms with Crippen molar-refractivity contribution in [3.05, 3.63) is 11.3 Å². The Morgan fingerprint density at radius 2 is 1.73 bits per heavy atom. The highest BCUT2D eigenvalue weighted by molar-refractivity contribution is 6.35. The lowest BCUT2D eigenvalue weighted by molar-refractivity contribution is -0.161. The summed E-state index contributed by atoms with van der Waals surface area (Å²) in [6, 6.07) is 0.658. The van der Waals surface area contributed by atoms with Crippen molar-refractivity contribution in [3.8, 4) is 0 Å². The van der Waals surface area contributed by atoms with Crippen molar-refractivity contribution in [2.45, 2.75) is 84.5 Å². The summed E-state index contributed by atoms with van der Waals surface area (Å²) < 4.78 is 11.2. The van der Waals surface area contributed by atoms with Crippen LogP contribution in [0.1, 0.15) is 66.7 Å². The first-order valence-corrected chi connectivity index (χ1v) is 12.5. The summed E-state index contributed by atoms with van der Waals surface area (Å²) in [5, 5.41) is 0. The molecule has 2 atom stereocenters. The maximum atomic E-state index is 13.8. The molecule has 184 valence electrons. The molecule has 4 aliphatic rings. The summed E-state index contributed by atoms with van der Waals surface area (Å²) in [6.45, 7) is 12.7. The van der Waals surface area contributed by atoms with Gasteiger partial charge in [-0.3, -0.25) is 19.4 Å². The van der Waals surface area contributed by atoms with Gasteiger partial charge in [-0.05, 0) is 26.7 Å². The van der Waals surface area contributed by atoms with Gasteiger partial charge in [-0.2, -0.15) is 0 Å². The average Bonchev–Trinajstić information content (AvgIpc) is 3.30. The normalized spacial score (nSPS) is 31.2. The van der Waals surface area contributed by atoms with E-state index in [2.05, 4.69) is 9.80 Å². The molecule has 3 aliphatic heterocycles. The third-order valence-corrected chi connectivity index (χ3v) is 7.73. The molecule has 0 aromatic rings. The van der Waals surface area contributed by atoms with Gasteiger partial charge in [0.15, 0.2) is 0 Å². The highest BCUT2D eigenvalue weighted by Crippen LogP contribution is 2.45. The Hall–Kier alpha value is -1.93. The molecular formula is C25H39N3O5. The van der Waals surface area contributed by atoms with Gasteiger partial charge >= 0.3 is 5.97 Å². The molecule has 0 aromatic carbocycles. The third-order valence-electron chi connectivity index (χ3n) is 7.73. The van der Waals surface area contributed by atoms with Crippen LogP contribution in [-0.4, -0.2) is 89.6 Å². The Kier molecular flexibility index (Phi) is 6.62. The van der Waals surface area contributed by atoms with E-state index in [0.29, 0.717) is 11.7 Å². The Morgan fingerprint density at radius 1 is 1.09 bits per heavy atom. The van der Waals surface area contributed by atoms with E-state index in [4.69, 9.17) is 9.47 Å². The van der Waals surface area contributed by atoms with Crippen molar-refractivity contribution in [2.24, 2.45) is 5.41 Å². The molecule has 0 spiro atoms. The zero-order valence-corrected chi connectivity index (χ0v) is 20.8. The van der Waals surface area contributed by atoms with Crippen molar-refractivity contribution in [1.82, 2.24) is 14.7 Å². The number of carbonyl (C=O) groups excluding carboxylic acids is 3. The number of fused-ring (bicyclic) bond motifs is 1. The van der Waals surface area contributed by atoms with Gasteiger partial charge in [-0.1, -0.05) is 40.0 Å². The van der Waals surface area contributed by atoms with Crippen molar-refractivity contribution in [3.63, 3.8) is 0 Å². The van der Waals surface area contributed by atoms with Crippen molar-refractivity contribution >= 4 is 17.7 Å². The lowest BCUT2D eigenvalue weighted by atomic mass is 9.90. The molecule has 8 nitrogen and oxygen atoms in total. The Morgan fingerprint density at radius 3 is 2.30 bits per heavy atom. The van der Waals surface area contributed by atoms with Crippen LogP contribution >= 0.6 is 0 Å². The van der Waals surface area contributed by atoms with E-state index >= 15 is 0 Å². The van der Waals surface area contributed by atoms with Gasteiger partial charge in [0, 0.05) is 43.3 Å². The average molecular weight is 462 g/mol. The number of amides is 1. The molecule has 4 rings (SSSR count). The molecule has 33 heavy (non-hydrogen) atoms. The quantitative estimate of drug-likeness (QED) is 0.275. The smallest absolute Gasteiger partial charge is 0.342 e. The predicted molar refractivity (Wildman–Crippen MR) is 123 cm³/mol. The maximum absolute atomic E-state index is 13.8. The van der Waals surface area contributed by atoms with Crippen LogP contribution in [0.2, 0.25) is 0 Å². The number of ether oxygens (including phenoxy) is 2. The summed E-state index contributed by atoms with van der Waals surface area (Å²) in [4.78, 5) is 46.6. The molecule has 0 radical (unpaired) electrons. The van der Waals surface area contributed by atoms with Crippen LogP contribution in [0.25, 0.3) is 0 Å². The van der Waals surface area contributed by atoms with Gasteiger partial charge in [0.25, 0.3) is 5.91 Å². The Bertz CT molecular complexity index is 833. The van der Waals surface area contributed by atoms with Gasteiger partial charge in [-0.15, -0.1) is 0 Å². The van der Waals surface area contributed by atoms with Crippen LogP contribution in [0.3, 0.4) is 0 Å². The summed E-state index contributed by atoms with van der Waals surface area (Å²) in [6.07, 6.45) is 5.81. The molecule has 1 amide bonds.